The zero-order valence-electron chi connectivity index (χ0n) is 29.6. The molecular weight excluding hydrogens is 671 g/mol. The molecule has 9 aromatic carbocycles. The summed E-state index contributed by atoms with van der Waals surface area (Å²) in [6.45, 7) is 0. The molecule has 0 bridgehead atoms. The average molecular weight is 702 g/mol. The Morgan fingerprint density at radius 2 is 0.727 bits per heavy atom. The van der Waals surface area contributed by atoms with E-state index >= 15 is 0 Å². The van der Waals surface area contributed by atoms with E-state index in [0.29, 0.717) is 17.5 Å². The fourth-order valence-corrected chi connectivity index (χ4v) is 8.07. The molecule has 2 heterocycles. The van der Waals surface area contributed by atoms with Crippen LogP contribution in [-0.4, -0.2) is 15.0 Å². The summed E-state index contributed by atoms with van der Waals surface area (Å²) in [4.78, 5) is 15.0. The molecule has 0 saturated heterocycles. The summed E-state index contributed by atoms with van der Waals surface area (Å²) in [6, 6.07) is 65.8. The second-order valence-corrected chi connectivity index (χ2v) is 14.0. The van der Waals surface area contributed by atoms with Gasteiger partial charge >= 0.3 is 0 Å². The molecule has 4 nitrogen and oxygen atoms in total. The first-order valence-corrected chi connectivity index (χ1v) is 18.5. The number of nitrogens with zero attached hydrogens (tertiary/aromatic N) is 3. The van der Waals surface area contributed by atoms with E-state index in [1.54, 1.807) is 0 Å². The lowest BCUT2D eigenvalue weighted by atomic mass is 9.91. The van der Waals surface area contributed by atoms with Crippen molar-refractivity contribution >= 4 is 54.3 Å². The van der Waals surface area contributed by atoms with Crippen molar-refractivity contribution in [1.82, 2.24) is 15.0 Å². The molecule has 4 heteroatoms. The highest BCUT2D eigenvalue weighted by Gasteiger charge is 2.18. The highest BCUT2D eigenvalue weighted by atomic mass is 16.3. The summed E-state index contributed by atoms with van der Waals surface area (Å²) < 4.78 is 6.61. The molecule has 0 fully saturated rings. The lowest BCUT2D eigenvalue weighted by Crippen LogP contribution is -2.00. The van der Waals surface area contributed by atoms with Crippen LogP contribution in [-0.2, 0) is 0 Å². The molecule has 0 atom stereocenters. The number of hydrogen-bond acceptors (Lipinski definition) is 4. The van der Waals surface area contributed by atoms with E-state index in [2.05, 4.69) is 152 Å². The van der Waals surface area contributed by atoms with Crippen molar-refractivity contribution < 1.29 is 4.42 Å². The van der Waals surface area contributed by atoms with Crippen molar-refractivity contribution in [3.63, 3.8) is 0 Å². The van der Waals surface area contributed by atoms with Gasteiger partial charge in [0.25, 0.3) is 0 Å². The number of hydrogen-bond donors (Lipinski definition) is 0. The van der Waals surface area contributed by atoms with Gasteiger partial charge < -0.3 is 4.42 Å². The van der Waals surface area contributed by atoms with Gasteiger partial charge in [-0.2, -0.15) is 0 Å². The molecule has 11 rings (SSSR count). The lowest BCUT2D eigenvalue weighted by Gasteiger charge is -2.12. The summed E-state index contributed by atoms with van der Waals surface area (Å²) in [5.74, 6) is 1.83. The maximum Gasteiger partial charge on any atom is 0.164 e. The molecule has 0 amide bonds. The molecular formula is C51H31N3O. The minimum atomic E-state index is 0.590. The molecule has 256 valence electrons. The highest BCUT2D eigenvalue weighted by Crippen LogP contribution is 2.41. The largest absolute Gasteiger partial charge is 0.456 e. The Labute approximate surface area is 317 Å². The van der Waals surface area contributed by atoms with E-state index in [-0.39, 0.29) is 0 Å². The Morgan fingerprint density at radius 1 is 0.273 bits per heavy atom. The van der Waals surface area contributed by atoms with Gasteiger partial charge in [0.2, 0.25) is 0 Å². The van der Waals surface area contributed by atoms with E-state index in [1.165, 1.54) is 37.9 Å². The molecule has 11 aromatic rings. The standard InChI is InChI=1S/C51H31N3O/c1-3-12-32(13-4-1)33-22-24-35(25-23-33)50-52-49(34-14-5-2-6-15-34)53-51(54-50)37-27-29-44-47(31-37)55-46-21-11-20-38(48(44)46)36-26-28-43-41-18-8-7-16-39(41)40-17-9-10-19-42(40)45(43)30-36/h1-31H. The summed E-state index contributed by atoms with van der Waals surface area (Å²) in [5.41, 5.74) is 8.93. The number of furan rings is 1. The van der Waals surface area contributed by atoms with Gasteiger partial charge in [0.15, 0.2) is 17.5 Å². The van der Waals surface area contributed by atoms with Gasteiger partial charge in [-0.25, -0.2) is 15.0 Å². The van der Waals surface area contributed by atoms with Crippen LogP contribution in [0, 0.1) is 0 Å². The first kappa shape index (κ1) is 31.1. The minimum Gasteiger partial charge on any atom is -0.456 e. The van der Waals surface area contributed by atoms with E-state index in [4.69, 9.17) is 19.4 Å². The smallest absolute Gasteiger partial charge is 0.164 e. The first-order chi connectivity index (χ1) is 27.2. The molecule has 0 aliphatic heterocycles. The van der Waals surface area contributed by atoms with Gasteiger partial charge in [-0.1, -0.05) is 164 Å². The van der Waals surface area contributed by atoms with Crippen LogP contribution in [0.2, 0.25) is 0 Å². The molecule has 0 aliphatic carbocycles. The zero-order valence-corrected chi connectivity index (χ0v) is 29.6. The fraction of sp³-hybridized carbons (Fsp3) is 0. The van der Waals surface area contributed by atoms with E-state index in [1.807, 2.05) is 36.4 Å². The molecule has 0 aliphatic rings. The molecule has 2 aromatic heterocycles. The van der Waals surface area contributed by atoms with Crippen molar-refractivity contribution in [3.8, 4) is 56.4 Å². The van der Waals surface area contributed by atoms with Crippen molar-refractivity contribution in [2.45, 2.75) is 0 Å². The third-order valence-electron chi connectivity index (χ3n) is 10.7. The summed E-state index contributed by atoms with van der Waals surface area (Å²) in [7, 11) is 0. The van der Waals surface area contributed by atoms with E-state index < -0.39 is 0 Å². The van der Waals surface area contributed by atoms with Gasteiger partial charge in [0.05, 0.1) is 0 Å². The Morgan fingerprint density at radius 3 is 1.38 bits per heavy atom. The normalized spacial score (nSPS) is 11.6. The minimum absolute atomic E-state index is 0.590. The van der Waals surface area contributed by atoms with Crippen LogP contribution in [0.5, 0.6) is 0 Å². The monoisotopic (exact) mass is 701 g/mol. The first-order valence-electron chi connectivity index (χ1n) is 18.5. The van der Waals surface area contributed by atoms with Gasteiger partial charge in [0, 0.05) is 27.5 Å². The Balaban J connectivity index is 1.04. The Kier molecular flexibility index (Phi) is 7.14. The maximum atomic E-state index is 6.61. The van der Waals surface area contributed by atoms with Crippen LogP contribution in [0.4, 0.5) is 0 Å². The third kappa shape index (κ3) is 5.26. The molecule has 0 saturated carbocycles. The predicted molar refractivity (Wildman–Crippen MR) is 227 cm³/mol. The average Bonchev–Trinajstić information content (AvgIpc) is 3.65. The number of benzene rings is 9. The van der Waals surface area contributed by atoms with Crippen LogP contribution in [0.1, 0.15) is 0 Å². The van der Waals surface area contributed by atoms with Crippen LogP contribution in [0.3, 0.4) is 0 Å². The van der Waals surface area contributed by atoms with Crippen molar-refractivity contribution in [2.24, 2.45) is 0 Å². The molecule has 0 unspecified atom stereocenters. The van der Waals surface area contributed by atoms with E-state index in [9.17, 15) is 0 Å². The molecule has 55 heavy (non-hydrogen) atoms. The SMILES string of the molecule is c1ccc(-c2ccc(-c3nc(-c4ccccc4)nc(-c4ccc5c(c4)oc4cccc(-c6ccc7c8ccccc8c8ccccc8c7c6)c45)n3)cc2)cc1. The lowest BCUT2D eigenvalue weighted by molar-refractivity contribution is 0.669. The fourth-order valence-electron chi connectivity index (χ4n) is 8.07. The summed E-state index contributed by atoms with van der Waals surface area (Å²) in [5, 5.41) is 9.70. The van der Waals surface area contributed by atoms with Gasteiger partial charge in [-0.15, -0.1) is 0 Å². The predicted octanol–water partition coefficient (Wildman–Crippen LogP) is 13.6. The zero-order chi connectivity index (χ0) is 36.3. The third-order valence-corrected chi connectivity index (χ3v) is 10.7. The van der Waals surface area contributed by atoms with Crippen LogP contribution in [0.15, 0.2) is 192 Å². The topological polar surface area (TPSA) is 51.8 Å². The van der Waals surface area contributed by atoms with Crippen LogP contribution >= 0.6 is 0 Å². The quantitative estimate of drug-likeness (QED) is 0.168. The molecule has 0 N–H and O–H groups in total. The number of rotatable bonds is 5. The maximum absolute atomic E-state index is 6.61. The second-order valence-electron chi connectivity index (χ2n) is 14.0. The van der Waals surface area contributed by atoms with Gasteiger partial charge in [-0.3, -0.25) is 0 Å². The van der Waals surface area contributed by atoms with Crippen molar-refractivity contribution in [3.05, 3.63) is 188 Å². The molecule has 0 spiro atoms. The van der Waals surface area contributed by atoms with Crippen molar-refractivity contribution in [2.75, 3.05) is 0 Å². The Hall–Kier alpha value is -7.43. The van der Waals surface area contributed by atoms with Crippen LogP contribution < -0.4 is 0 Å². The highest BCUT2D eigenvalue weighted by molar-refractivity contribution is 6.26. The van der Waals surface area contributed by atoms with Crippen LogP contribution in [0.25, 0.3) is 111 Å². The second kappa shape index (κ2) is 12.6. The number of fused-ring (bicyclic) bond motifs is 9. The summed E-state index contributed by atoms with van der Waals surface area (Å²) in [6.07, 6.45) is 0. The van der Waals surface area contributed by atoms with Gasteiger partial charge in [0.1, 0.15) is 11.2 Å². The van der Waals surface area contributed by atoms with Gasteiger partial charge in [-0.05, 0) is 78.8 Å². The molecule has 0 radical (unpaired) electrons. The number of aromatic nitrogens is 3. The summed E-state index contributed by atoms with van der Waals surface area (Å²) >= 11 is 0. The Bertz CT molecular complexity index is 3210. The van der Waals surface area contributed by atoms with E-state index in [0.717, 1.165) is 55.3 Å². The van der Waals surface area contributed by atoms with Crippen molar-refractivity contribution in [1.29, 1.82) is 0 Å².